The summed E-state index contributed by atoms with van der Waals surface area (Å²) in [4.78, 5) is 24.3. The van der Waals surface area contributed by atoms with E-state index in [4.69, 9.17) is 28.8 Å². The molecule has 0 spiro atoms. The summed E-state index contributed by atoms with van der Waals surface area (Å²) in [5, 5.41) is 6.06. The molecule has 0 bridgehead atoms. The van der Waals surface area contributed by atoms with Crippen LogP contribution in [-0.4, -0.2) is 24.9 Å². The van der Waals surface area contributed by atoms with Crippen LogP contribution < -0.4 is 0 Å². The molecule has 4 heterocycles. The van der Waals surface area contributed by atoms with Gasteiger partial charge in [0.15, 0.2) is 23.1 Å². The van der Waals surface area contributed by atoms with Crippen molar-refractivity contribution < 1.29 is 8.83 Å². The van der Waals surface area contributed by atoms with Gasteiger partial charge in [0, 0.05) is 45.2 Å². The maximum atomic E-state index is 6.44. The molecule has 0 amide bonds. The second kappa shape index (κ2) is 10.4. The van der Waals surface area contributed by atoms with Gasteiger partial charge in [0.1, 0.15) is 16.7 Å². The van der Waals surface area contributed by atoms with Crippen LogP contribution in [0.1, 0.15) is 0 Å². The number of pyridine rings is 1. The largest absolute Gasteiger partial charge is 0.456 e. The fourth-order valence-electron chi connectivity index (χ4n) is 6.66. The van der Waals surface area contributed by atoms with Crippen molar-refractivity contribution in [2.75, 3.05) is 0 Å². The molecule has 0 aliphatic rings. The Kier molecular flexibility index (Phi) is 5.74. The van der Waals surface area contributed by atoms with Gasteiger partial charge in [-0.3, -0.25) is 4.98 Å². The second-order valence-corrected chi connectivity index (χ2v) is 11.7. The molecule has 6 aromatic carbocycles. The van der Waals surface area contributed by atoms with Crippen molar-refractivity contribution in [3.8, 4) is 45.6 Å². The van der Waals surface area contributed by atoms with Gasteiger partial charge in [-0.15, -0.1) is 0 Å². The lowest BCUT2D eigenvalue weighted by Gasteiger charge is -2.12. The minimum atomic E-state index is 0.536. The quantitative estimate of drug-likeness (QED) is 0.181. The third kappa shape index (κ3) is 4.11. The normalized spacial score (nSPS) is 11.8. The number of aromatic nitrogens is 5. The molecule has 0 fully saturated rings. The molecule has 0 radical (unpaired) electrons. The zero-order valence-electron chi connectivity index (χ0n) is 25.3. The van der Waals surface area contributed by atoms with E-state index in [1.54, 1.807) is 12.4 Å². The number of para-hydroxylation sites is 1. The summed E-state index contributed by atoms with van der Waals surface area (Å²) in [6, 6.07) is 42.5. The van der Waals surface area contributed by atoms with Crippen LogP contribution in [-0.2, 0) is 0 Å². The summed E-state index contributed by atoms with van der Waals surface area (Å²) >= 11 is 0. The first-order chi connectivity index (χ1) is 23.8. The minimum Gasteiger partial charge on any atom is -0.456 e. The monoisotopic (exact) mass is 617 g/mol. The van der Waals surface area contributed by atoms with Crippen LogP contribution in [0.15, 0.2) is 149 Å². The van der Waals surface area contributed by atoms with E-state index in [9.17, 15) is 0 Å². The Hall–Kier alpha value is -6.73. The SMILES string of the molecule is c1ccc(-c2nc(-c3cccc4c3ccc3ccc5nc(-c6cccnc6)oc5c34)nc(-c3cccc4oc5ccccc5c34)n2)cc1. The van der Waals surface area contributed by atoms with E-state index >= 15 is 0 Å². The van der Waals surface area contributed by atoms with E-state index in [-0.39, 0.29) is 0 Å². The van der Waals surface area contributed by atoms with Crippen LogP contribution in [0.3, 0.4) is 0 Å². The fraction of sp³-hybridized carbons (Fsp3) is 0. The highest BCUT2D eigenvalue weighted by Crippen LogP contribution is 2.39. The van der Waals surface area contributed by atoms with E-state index in [2.05, 4.69) is 47.4 Å². The number of furan rings is 1. The number of oxazole rings is 1. The smallest absolute Gasteiger partial charge is 0.228 e. The van der Waals surface area contributed by atoms with E-state index in [1.807, 2.05) is 84.9 Å². The molecule has 4 aromatic heterocycles. The molecule has 10 aromatic rings. The van der Waals surface area contributed by atoms with Crippen molar-refractivity contribution in [3.05, 3.63) is 140 Å². The predicted molar refractivity (Wildman–Crippen MR) is 189 cm³/mol. The minimum absolute atomic E-state index is 0.536. The van der Waals surface area contributed by atoms with E-state index < -0.39 is 0 Å². The molecule has 0 saturated heterocycles. The molecule has 7 heteroatoms. The first-order valence-corrected chi connectivity index (χ1v) is 15.7. The van der Waals surface area contributed by atoms with Gasteiger partial charge in [0.2, 0.25) is 5.89 Å². The molecule has 0 atom stereocenters. The lowest BCUT2D eigenvalue weighted by Crippen LogP contribution is -2.00. The third-order valence-electron chi connectivity index (χ3n) is 8.86. The highest BCUT2D eigenvalue weighted by Gasteiger charge is 2.20. The van der Waals surface area contributed by atoms with Gasteiger partial charge in [-0.1, -0.05) is 97.1 Å². The maximum absolute atomic E-state index is 6.44. The van der Waals surface area contributed by atoms with Gasteiger partial charge in [0.25, 0.3) is 0 Å². The second-order valence-electron chi connectivity index (χ2n) is 11.7. The Morgan fingerprint density at radius 3 is 2.06 bits per heavy atom. The summed E-state index contributed by atoms with van der Waals surface area (Å²) in [7, 11) is 0. The zero-order valence-corrected chi connectivity index (χ0v) is 25.3. The Bertz CT molecular complexity index is 2840. The summed E-state index contributed by atoms with van der Waals surface area (Å²) in [5.74, 6) is 2.29. The zero-order chi connectivity index (χ0) is 31.6. The number of rotatable bonds is 4. The van der Waals surface area contributed by atoms with Gasteiger partial charge < -0.3 is 8.83 Å². The Morgan fingerprint density at radius 2 is 1.17 bits per heavy atom. The van der Waals surface area contributed by atoms with Gasteiger partial charge in [-0.05, 0) is 46.5 Å². The molecule has 0 saturated carbocycles. The third-order valence-corrected chi connectivity index (χ3v) is 8.86. The molecule has 0 aliphatic heterocycles. The van der Waals surface area contributed by atoms with Crippen molar-refractivity contribution in [1.82, 2.24) is 24.9 Å². The number of hydrogen-bond donors (Lipinski definition) is 0. The lowest BCUT2D eigenvalue weighted by atomic mass is 9.97. The fourth-order valence-corrected chi connectivity index (χ4v) is 6.66. The topological polar surface area (TPSA) is 90.7 Å². The van der Waals surface area contributed by atoms with Gasteiger partial charge in [0.05, 0.1) is 5.56 Å². The van der Waals surface area contributed by atoms with Crippen LogP contribution in [0.25, 0.3) is 100 Å². The summed E-state index contributed by atoms with van der Waals surface area (Å²) < 4.78 is 12.7. The average Bonchev–Trinajstić information content (AvgIpc) is 3.77. The van der Waals surface area contributed by atoms with Crippen LogP contribution in [0.2, 0.25) is 0 Å². The first kappa shape index (κ1) is 26.5. The van der Waals surface area contributed by atoms with Gasteiger partial charge in [-0.2, -0.15) is 0 Å². The first-order valence-electron chi connectivity index (χ1n) is 15.7. The van der Waals surface area contributed by atoms with Crippen LogP contribution in [0.5, 0.6) is 0 Å². The predicted octanol–water partition coefficient (Wildman–Crippen LogP) is 10.3. The molecule has 224 valence electrons. The number of nitrogens with zero attached hydrogens (tertiary/aromatic N) is 5. The van der Waals surface area contributed by atoms with Crippen LogP contribution in [0.4, 0.5) is 0 Å². The summed E-state index contributed by atoms with van der Waals surface area (Å²) in [5.41, 5.74) is 6.64. The number of benzene rings is 6. The van der Waals surface area contributed by atoms with E-state index in [1.165, 1.54) is 0 Å². The molecule has 0 unspecified atom stereocenters. The average molecular weight is 618 g/mol. The molecule has 0 N–H and O–H groups in total. The van der Waals surface area contributed by atoms with Crippen molar-refractivity contribution >= 4 is 54.6 Å². The Balaban J connectivity index is 1.23. The number of hydrogen-bond acceptors (Lipinski definition) is 7. The molecule has 48 heavy (non-hydrogen) atoms. The van der Waals surface area contributed by atoms with Crippen LogP contribution >= 0.6 is 0 Å². The molecule has 7 nitrogen and oxygen atoms in total. The van der Waals surface area contributed by atoms with Gasteiger partial charge in [-0.25, -0.2) is 19.9 Å². The van der Waals surface area contributed by atoms with E-state index in [0.29, 0.717) is 23.4 Å². The highest BCUT2D eigenvalue weighted by molar-refractivity contribution is 6.20. The van der Waals surface area contributed by atoms with Gasteiger partial charge >= 0.3 is 0 Å². The van der Waals surface area contributed by atoms with E-state index in [0.717, 1.165) is 76.8 Å². The molecular formula is C41H23N5O2. The van der Waals surface area contributed by atoms with Crippen molar-refractivity contribution in [3.63, 3.8) is 0 Å². The number of fused-ring (bicyclic) bond motifs is 8. The van der Waals surface area contributed by atoms with Crippen molar-refractivity contribution in [1.29, 1.82) is 0 Å². The Labute approximate surface area is 273 Å². The van der Waals surface area contributed by atoms with Crippen molar-refractivity contribution in [2.24, 2.45) is 0 Å². The molecule has 0 aliphatic carbocycles. The Morgan fingerprint density at radius 1 is 0.438 bits per heavy atom. The molecule has 10 rings (SSSR count). The highest BCUT2D eigenvalue weighted by atomic mass is 16.3. The van der Waals surface area contributed by atoms with Crippen LogP contribution in [0, 0.1) is 0 Å². The maximum Gasteiger partial charge on any atom is 0.228 e. The summed E-state index contributed by atoms with van der Waals surface area (Å²) in [6.07, 6.45) is 3.50. The standard InChI is InChI=1S/C41H23N5O2/c1-2-9-25(10-3-1)38-44-39(46-40(45-38)31-15-7-17-34-36(31)30-12-4-5-16-33(30)47-34)29-14-6-13-28-27(29)20-18-24-19-21-32-37(35(24)28)48-41(43-32)26-11-8-22-42-23-26/h1-23H. The molecular weight excluding hydrogens is 594 g/mol. The van der Waals surface area contributed by atoms with Crippen molar-refractivity contribution in [2.45, 2.75) is 0 Å². The lowest BCUT2D eigenvalue weighted by molar-refractivity contribution is 0.623. The summed E-state index contributed by atoms with van der Waals surface area (Å²) in [6.45, 7) is 0.